The molecule has 364 valence electrons. The number of halogens is 2. The highest BCUT2D eigenvalue weighted by molar-refractivity contribution is 6.31. The van der Waals surface area contributed by atoms with Crippen LogP contribution in [0.3, 0.4) is 0 Å². The number of fused-ring (bicyclic) bond motifs is 3. The van der Waals surface area contributed by atoms with Gasteiger partial charge in [-0.25, -0.2) is 4.79 Å². The SMILES string of the molecule is C=C(c1ccc(Cl)cc1)c1cc(OC)ccc1-n1c(C)nnc1[C@H](CC=O)CCC.CNCCNC(=O)NCCNC.COc1ccc2c(c1)C(c1ccc(Cl)cc1)=NC(CC=O)c1nnc(C)n1-2. The second-order valence-electron chi connectivity index (χ2n) is 15.8. The maximum atomic E-state index is 11.3. The molecule has 0 radical (unpaired) electrons. The van der Waals surface area contributed by atoms with E-state index in [4.69, 9.17) is 37.7 Å². The van der Waals surface area contributed by atoms with Gasteiger partial charge in [-0.3, -0.25) is 14.1 Å². The average molecular weight is 979 g/mol. The van der Waals surface area contributed by atoms with Crippen LogP contribution in [0.15, 0.2) is 96.5 Å². The quantitative estimate of drug-likeness (QED) is 0.0452. The summed E-state index contributed by atoms with van der Waals surface area (Å²) < 4.78 is 14.9. The number of carbonyl (C=O) groups is 3. The number of likely N-dealkylation sites (N-methyl/N-ethyl adjacent to an activating group) is 2. The van der Waals surface area contributed by atoms with E-state index in [1.165, 1.54) is 0 Å². The number of amides is 2. The fourth-order valence-corrected chi connectivity index (χ4v) is 7.85. The highest BCUT2D eigenvalue weighted by Crippen LogP contribution is 2.36. The minimum absolute atomic E-state index is 0.00690. The van der Waals surface area contributed by atoms with Crippen molar-refractivity contribution in [3.05, 3.63) is 147 Å². The van der Waals surface area contributed by atoms with Crippen LogP contribution in [-0.2, 0) is 9.59 Å². The lowest BCUT2D eigenvalue weighted by atomic mass is 9.96. The predicted molar refractivity (Wildman–Crippen MR) is 273 cm³/mol. The van der Waals surface area contributed by atoms with E-state index in [0.717, 1.165) is 112 Å². The number of ether oxygens (including phenoxy) is 2. The van der Waals surface area contributed by atoms with Gasteiger partial charge in [-0.1, -0.05) is 67.4 Å². The van der Waals surface area contributed by atoms with Crippen molar-refractivity contribution in [1.82, 2.24) is 50.8 Å². The highest BCUT2D eigenvalue weighted by atomic mass is 35.5. The largest absolute Gasteiger partial charge is 0.497 e. The Morgan fingerprint density at radius 3 is 1.91 bits per heavy atom. The number of rotatable bonds is 19. The van der Waals surface area contributed by atoms with Crippen LogP contribution in [0.4, 0.5) is 4.79 Å². The van der Waals surface area contributed by atoms with Gasteiger partial charge in [0.05, 0.1) is 31.3 Å². The molecule has 16 nitrogen and oxygen atoms in total. The summed E-state index contributed by atoms with van der Waals surface area (Å²) in [6.45, 7) is 13.1. The monoisotopic (exact) mass is 977 g/mol. The van der Waals surface area contributed by atoms with Crippen molar-refractivity contribution < 1.29 is 23.9 Å². The normalized spacial score (nSPS) is 12.8. The smallest absolute Gasteiger partial charge is 0.314 e. The van der Waals surface area contributed by atoms with Crippen molar-refractivity contribution in [2.24, 2.45) is 4.99 Å². The molecule has 0 saturated carbocycles. The van der Waals surface area contributed by atoms with Gasteiger partial charge in [0.25, 0.3) is 0 Å². The summed E-state index contributed by atoms with van der Waals surface area (Å²) in [6.07, 6.45) is 4.27. The number of aliphatic imine (C=N–C) groups is 1. The third kappa shape index (κ3) is 13.9. The molecule has 7 rings (SSSR count). The van der Waals surface area contributed by atoms with Crippen LogP contribution in [0.5, 0.6) is 11.5 Å². The molecule has 0 aliphatic carbocycles. The van der Waals surface area contributed by atoms with Crippen LogP contribution >= 0.6 is 23.2 Å². The van der Waals surface area contributed by atoms with Crippen molar-refractivity contribution in [3.8, 4) is 22.9 Å². The summed E-state index contributed by atoms with van der Waals surface area (Å²) in [5.74, 6) is 4.39. The number of aromatic nitrogens is 6. The summed E-state index contributed by atoms with van der Waals surface area (Å²) in [5, 5.41) is 29.9. The molecule has 4 aromatic carbocycles. The van der Waals surface area contributed by atoms with Crippen LogP contribution in [0.1, 0.15) is 90.1 Å². The van der Waals surface area contributed by atoms with E-state index in [0.29, 0.717) is 35.4 Å². The number of carbonyl (C=O) groups excluding carboxylic acids is 3. The van der Waals surface area contributed by atoms with Gasteiger partial charge in [-0.05, 0) is 106 Å². The summed E-state index contributed by atoms with van der Waals surface area (Å²) in [7, 11) is 6.96. The molecule has 4 N–H and O–H groups in total. The van der Waals surface area contributed by atoms with E-state index in [9.17, 15) is 14.4 Å². The molecule has 0 spiro atoms. The zero-order valence-electron chi connectivity index (χ0n) is 40.2. The van der Waals surface area contributed by atoms with Gasteiger partial charge < -0.3 is 40.3 Å². The summed E-state index contributed by atoms with van der Waals surface area (Å²) >= 11 is 12.1. The van der Waals surface area contributed by atoms with Crippen LogP contribution in [0.25, 0.3) is 16.9 Å². The molecule has 1 aliphatic heterocycles. The number of nitrogens with one attached hydrogen (secondary N) is 4. The molecule has 0 saturated heterocycles. The molecular formula is C51H61Cl2N11O5. The van der Waals surface area contributed by atoms with Gasteiger partial charge in [0.15, 0.2) is 5.82 Å². The first-order chi connectivity index (χ1) is 33.4. The lowest BCUT2D eigenvalue weighted by Crippen LogP contribution is -2.40. The summed E-state index contributed by atoms with van der Waals surface area (Å²) in [4.78, 5) is 38.4. The average Bonchev–Trinajstić information content (AvgIpc) is 3.90. The topological polar surface area (TPSA) is 192 Å². The minimum atomic E-state index is -0.423. The number of aldehydes is 2. The van der Waals surface area contributed by atoms with Gasteiger partial charge in [0.1, 0.15) is 47.6 Å². The first-order valence-corrected chi connectivity index (χ1v) is 23.4. The minimum Gasteiger partial charge on any atom is -0.497 e. The summed E-state index contributed by atoms with van der Waals surface area (Å²) in [6, 6.07) is 26.2. The maximum Gasteiger partial charge on any atom is 0.314 e. The Labute approximate surface area is 413 Å². The van der Waals surface area contributed by atoms with Crippen molar-refractivity contribution >= 4 is 53.1 Å². The number of hydrogen-bond donors (Lipinski definition) is 4. The third-order valence-electron chi connectivity index (χ3n) is 11.1. The fraction of sp³-hybridized carbons (Fsp3) is 0.333. The second kappa shape index (κ2) is 26.7. The number of nitrogens with zero attached hydrogens (tertiary/aromatic N) is 7. The molecule has 6 aromatic rings. The van der Waals surface area contributed by atoms with Crippen LogP contribution < -0.4 is 30.7 Å². The third-order valence-corrected chi connectivity index (χ3v) is 11.6. The van der Waals surface area contributed by atoms with Crippen LogP contribution in [0, 0.1) is 13.8 Å². The Bertz CT molecular complexity index is 2670. The number of urea groups is 1. The number of hydrogen-bond acceptors (Lipinski definition) is 12. The van der Waals surface area contributed by atoms with Crippen molar-refractivity contribution in [3.63, 3.8) is 0 Å². The van der Waals surface area contributed by atoms with E-state index in [1.807, 2.05) is 122 Å². The number of benzene rings is 4. The highest BCUT2D eigenvalue weighted by Gasteiger charge is 2.29. The molecule has 2 atom stereocenters. The second-order valence-corrected chi connectivity index (χ2v) is 16.7. The van der Waals surface area contributed by atoms with Gasteiger partial charge in [-0.2, -0.15) is 0 Å². The fourth-order valence-electron chi connectivity index (χ4n) is 7.60. The van der Waals surface area contributed by atoms with E-state index in [-0.39, 0.29) is 18.4 Å². The van der Waals surface area contributed by atoms with Gasteiger partial charge in [0.2, 0.25) is 0 Å². The molecule has 0 fully saturated rings. The van der Waals surface area contributed by atoms with E-state index in [2.05, 4.69) is 55.2 Å². The Hall–Kier alpha value is -6.72. The van der Waals surface area contributed by atoms with Crippen molar-refractivity contribution in [1.29, 1.82) is 0 Å². The predicted octanol–water partition coefficient (Wildman–Crippen LogP) is 8.22. The van der Waals surface area contributed by atoms with Crippen LogP contribution in [-0.4, -0.2) is 108 Å². The molecule has 1 aliphatic rings. The Morgan fingerprint density at radius 1 is 0.754 bits per heavy atom. The van der Waals surface area contributed by atoms with Gasteiger partial charge >= 0.3 is 6.03 Å². The van der Waals surface area contributed by atoms with E-state index < -0.39 is 6.04 Å². The maximum absolute atomic E-state index is 11.3. The van der Waals surface area contributed by atoms with E-state index in [1.54, 1.807) is 14.2 Å². The lowest BCUT2D eigenvalue weighted by molar-refractivity contribution is -0.109. The first-order valence-electron chi connectivity index (χ1n) is 22.6. The zero-order valence-corrected chi connectivity index (χ0v) is 41.7. The molecule has 3 heterocycles. The van der Waals surface area contributed by atoms with Crippen molar-refractivity contribution in [2.45, 2.75) is 58.4 Å². The zero-order chi connectivity index (χ0) is 49.9. The Morgan fingerprint density at radius 2 is 1.33 bits per heavy atom. The number of methoxy groups -OCH3 is 2. The molecule has 0 bridgehead atoms. The first kappa shape index (κ1) is 53.2. The Kier molecular flexibility index (Phi) is 20.6. The molecule has 2 amide bonds. The molecule has 1 unspecified atom stereocenters. The summed E-state index contributed by atoms with van der Waals surface area (Å²) in [5.41, 5.74) is 7.05. The van der Waals surface area contributed by atoms with Gasteiger partial charge in [-0.15, -0.1) is 20.4 Å². The molecule has 2 aromatic heterocycles. The van der Waals surface area contributed by atoms with Crippen molar-refractivity contribution in [2.75, 3.05) is 54.5 Å². The standard InChI is InChI=1S/C24H26ClN3O2.C20H17ClN4O2.C7H18N4O/c1-5-6-19(13-14-29)24-27-26-17(3)28(24)23-12-11-21(30-4)15-22(23)16(2)18-7-9-20(25)10-8-18;1-12-23-24-20-17(9-10-26)22-19(13-3-5-14(21)6-4-13)16-11-15(27-2)7-8-18(16)25(12)20;1-8-3-5-10-7(12)11-6-4-9-2/h7-12,14-15,19H,2,5-6,13H2,1,3-4H3;3-8,10-11,17H,9H2,1-2H3;8-9H,3-6H2,1-2H3,(H2,10,11,12)/t19-;;/m0../s1. The molecule has 18 heteroatoms. The lowest BCUT2D eigenvalue weighted by Gasteiger charge is -2.20. The van der Waals surface area contributed by atoms with Crippen LogP contribution in [0.2, 0.25) is 10.0 Å². The molecule has 69 heavy (non-hydrogen) atoms. The van der Waals surface area contributed by atoms with E-state index >= 15 is 0 Å². The number of aryl methyl sites for hydroxylation is 2. The van der Waals surface area contributed by atoms with Gasteiger partial charge in [0, 0.05) is 71.7 Å². The molecular weight excluding hydrogens is 918 g/mol. The Balaban J connectivity index is 0.000000210.